The molecule has 0 saturated heterocycles. The van der Waals surface area contributed by atoms with E-state index < -0.39 is 5.92 Å². The zero-order chi connectivity index (χ0) is 25.2. The van der Waals surface area contributed by atoms with E-state index in [1.807, 2.05) is 55.6 Å². The van der Waals surface area contributed by atoms with Crippen LogP contribution in [0.4, 0.5) is 10.1 Å². The molecule has 6 heteroatoms. The van der Waals surface area contributed by atoms with Crippen LogP contribution < -0.4 is 10.6 Å². The summed E-state index contributed by atoms with van der Waals surface area (Å²) in [6, 6.07) is 23.8. The number of halogens is 1. The van der Waals surface area contributed by atoms with Crippen LogP contribution >= 0.6 is 11.8 Å². The van der Waals surface area contributed by atoms with Crippen molar-refractivity contribution < 1.29 is 14.0 Å². The zero-order valence-corrected chi connectivity index (χ0v) is 21.0. The van der Waals surface area contributed by atoms with Crippen molar-refractivity contribution in [3.63, 3.8) is 0 Å². The highest BCUT2D eigenvalue weighted by molar-refractivity contribution is 7.98. The van der Waals surface area contributed by atoms with Crippen LogP contribution in [-0.2, 0) is 9.59 Å². The van der Waals surface area contributed by atoms with Crippen molar-refractivity contribution >= 4 is 29.1 Å². The molecule has 0 fully saturated rings. The molecule has 36 heavy (non-hydrogen) atoms. The molecule has 1 amide bonds. The Morgan fingerprint density at radius 1 is 0.944 bits per heavy atom. The van der Waals surface area contributed by atoms with E-state index in [1.54, 1.807) is 11.8 Å². The van der Waals surface area contributed by atoms with Gasteiger partial charge >= 0.3 is 0 Å². The van der Waals surface area contributed by atoms with Crippen LogP contribution in [0.5, 0.6) is 0 Å². The van der Waals surface area contributed by atoms with E-state index in [0.29, 0.717) is 35.4 Å². The maximum Gasteiger partial charge on any atom is 0.254 e. The minimum absolute atomic E-state index is 0.0520. The Balaban J connectivity index is 1.55. The molecule has 0 aromatic heterocycles. The van der Waals surface area contributed by atoms with Crippen LogP contribution in [0.15, 0.2) is 106 Å². The van der Waals surface area contributed by atoms with E-state index in [4.69, 9.17) is 0 Å². The molecule has 2 aliphatic rings. The van der Waals surface area contributed by atoms with Crippen molar-refractivity contribution in [3.8, 4) is 0 Å². The molecule has 1 aliphatic heterocycles. The van der Waals surface area contributed by atoms with Gasteiger partial charge in [0.2, 0.25) is 0 Å². The molecule has 4 nitrogen and oxygen atoms in total. The van der Waals surface area contributed by atoms with Gasteiger partial charge in [-0.25, -0.2) is 4.39 Å². The highest BCUT2D eigenvalue weighted by atomic mass is 32.2. The van der Waals surface area contributed by atoms with Crippen molar-refractivity contribution in [2.45, 2.75) is 36.5 Å². The first kappa shape index (κ1) is 24.1. The number of carbonyl (C=O) groups is 2. The lowest BCUT2D eigenvalue weighted by atomic mass is 9.71. The summed E-state index contributed by atoms with van der Waals surface area (Å²) in [5, 5.41) is 6.31. The summed E-state index contributed by atoms with van der Waals surface area (Å²) >= 11 is 1.64. The molecule has 0 spiro atoms. The third kappa shape index (κ3) is 4.73. The number of nitrogens with one attached hydrogen (secondary N) is 2. The number of benzene rings is 3. The lowest BCUT2D eigenvalue weighted by Gasteiger charge is -2.37. The Labute approximate surface area is 214 Å². The fourth-order valence-electron chi connectivity index (χ4n) is 5.16. The first-order chi connectivity index (χ1) is 17.4. The number of hydrogen-bond donors (Lipinski definition) is 2. The Bertz CT molecular complexity index is 1360. The summed E-state index contributed by atoms with van der Waals surface area (Å²) in [5.41, 5.74) is 5.30. The zero-order valence-electron chi connectivity index (χ0n) is 20.2. The number of hydrogen-bond acceptors (Lipinski definition) is 4. The molecule has 0 bridgehead atoms. The van der Waals surface area contributed by atoms with Gasteiger partial charge in [0, 0.05) is 45.5 Å². The number of Topliss-reactive ketones (excluding diaryl/α,β-unsaturated/α-hetero) is 1. The van der Waals surface area contributed by atoms with E-state index >= 15 is 0 Å². The molecule has 5 rings (SSSR count). The van der Waals surface area contributed by atoms with Gasteiger partial charge < -0.3 is 10.6 Å². The van der Waals surface area contributed by atoms with E-state index in [2.05, 4.69) is 22.8 Å². The fraction of sp³-hybridized carbons (Fsp3) is 0.200. The summed E-state index contributed by atoms with van der Waals surface area (Å²) in [4.78, 5) is 28.4. The molecule has 1 heterocycles. The van der Waals surface area contributed by atoms with Gasteiger partial charge in [0.05, 0.1) is 0 Å². The van der Waals surface area contributed by atoms with E-state index in [-0.39, 0.29) is 23.4 Å². The first-order valence-corrected chi connectivity index (χ1v) is 13.2. The molecule has 0 saturated carbocycles. The third-order valence-electron chi connectivity index (χ3n) is 6.89. The Morgan fingerprint density at radius 2 is 1.64 bits per heavy atom. The number of carbonyl (C=O) groups excluding carboxylic acids is 2. The molecular weight excluding hydrogens is 471 g/mol. The summed E-state index contributed by atoms with van der Waals surface area (Å²) < 4.78 is 13.4. The molecule has 2 atom stereocenters. The second-order valence-electron chi connectivity index (χ2n) is 9.16. The van der Waals surface area contributed by atoms with Crippen molar-refractivity contribution in [1.29, 1.82) is 0 Å². The molecule has 1 aliphatic carbocycles. The number of anilines is 1. The molecule has 0 unspecified atom stereocenters. The van der Waals surface area contributed by atoms with Gasteiger partial charge in [0.15, 0.2) is 5.78 Å². The second kappa shape index (κ2) is 10.2. The Morgan fingerprint density at radius 3 is 2.31 bits per heavy atom. The number of ketones is 1. The van der Waals surface area contributed by atoms with Crippen molar-refractivity contribution in [1.82, 2.24) is 5.32 Å². The monoisotopic (exact) mass is 498 g/mol. The average Bonchev–Trinajstić information content (AvgIpc) is 2.89. The molecule has 3 aromatic carbocycles. The predicted octanol–water partition coefficient (Wildman–Crippen LogP) is 6.55. The topological polar surface area (TPSA) is 58.2 Å². The van der Waals surface area contributed by atoms with Crippen LogP contribution in [0, 0.1) is 5.82 Å². The Kier molecular flexibility index (Phi) is 6.79. The summed E-state index contributed by atoms with van der Waals surface area (Å²) in [5.74, 6) is -1.02. The smallest absolute Gasteiger partial charge is 0.254 e. The normalized spacial score (nSPS) is 19.6. The molecule has 2 N–H and O–H groups in total. The van der Waals surface area contributed by atoms with Crippen LogP contribution in [0.2, 0.25) is 0 Å². The largest absolute Gasteiger partial charge is 0.362 e. The minimum atomic E-state index is -0.484. The molecular formula is C30H27FN2O2S. The van der Waals surface area contributed by atoms with Crippen LogP contribution in [-0.4, -0.2) is 17.9 Å². The number of amides is 1. The fourth-order valence-corrected chi connectivity index (χ4v) is 5.57. The summed E-state index contributed by atoms with van der Waals surface area (Å²) in [6.07, 6.45) is 3.12. The van der Waals surface area contributed by atoms with Gasteiger partial charge in [0.25, 0.3) is 5.91 Å². The number of rotatable bonds is 5. The lowest BCUT2D eigenvalue weighted by molar-refractivity contribution is -0.116. The van der Waals surface area contributed by atoms with Crippen LogP contribution in [0.1, 0.15) is 42.7 Å². The van der Waals surface area contributed by atoms with Crippen LogP contribution in [0.3, 0.4) is 0 Å². The molecule has 0 radical (unpaired) electrons. The lowest BCUT2D eigenvalue weighted by Crippen LogP contribution is -2.37. The minimum Gasteiger partial charge on any atom is -0.362 e. The van der Waals surface area contributed by atoms with E-state index in [9.17, 15) is 14.0 Å². The highest BCUT2D eigenvalue weighted by Crippen LogP contribution is 2.45. The van der Waals surface area contributed by atoms with Gasteiger partial charge in [-0.1, -0.05) is 42.5 Å². The van der Waals surface area contributed by atoms with Gasteiger partial charge in [0.1, 0.15) is 5.82 Å². The van der Waals surface area contributed by atoms with Crippen molar-refractivity contribution in [2.24, 2.45) is 0 Å². The van der Waals surface area contributed by atoms with Crippen LogP contribution in [0.25, 0.3) is 0 Å². The maximum atomic E-state index is 13.7. The van der Waals surface area contributed by atoms with Crippen molar-refractivity contribution in [2.75, 3.05) is 11.6 Å². The van der Waals surface area contributed by atoms with Gasteiger partial charge in [-0.05, 0) is 73.0 Å². The number of allylic oxidation sites excluding steroid dienone is 3. The summed E-state index contributed by atoms with van der Waals surface area (Å²) in [6.45, 7) is 1.88. The quantitative estimate of drug-likeness (QED) is 0.392. The third-order valence-corrected chi connectivity index (χ3v) is 7.64. The Hall–Kier alpha value is -3.64. The average molecular weight is 499 g/mol. The van der Waals surface area contributed by atoms with Gasteiger partial charge in [-0.15, -0.1) is 11.8 Å². The molecule has 3 aromatic rings. The second-order valence-corrected chi connectivity index (χ2v) is 10.0. The molecule has 182 valence electrons. The van der Waals surface area contributed by atoms with E-state index in [0.717, 1.165) is 21.7 Å². The van der Waals surface area contributed by atoms with Gasteiger partial charge in [-0.3, -0.25) is 9.59 Å². The highest BCUT2D eigenvalue weighted by Gasteiger charge is 2.40. The van der Waals surface area contributed by atoms with Gasteiger partial charge in [-0.2, -0.15) is 0 Å². The number of dihydropyridines is 1. The van der Waals surface area contributed by atoms with Crippen molar-refractivity contribution in [3.05, 3.63) is 118 Å². The predicted molar refractivity (Wildman–Crippen MR) is 142 cm³/mol. The first-order valence-electron chi connectivity index (χ1n) is 11.9. The number of thioether (sulfide) groups is 1. The summed E-state index contributed by atoms with van der Waals surface area (Å²) in [7, 11) is 0. The van der Waals surface area contributed by atoms with E-state index in [1.165, 1.54) is 24.3 Å². The maximum absolute atomic E-state index is 13.7. The standard InChI is InChI=1S/C30H27FN2O2S/c1-18-27(30(35)33-23-12-10-22(31)11-13-23)28(20-8-14-24(36-2)15-9-20)29-25(32-18)16-21(17-26(29)34)19-6-4-3-5-7-19/h3-15,21,28,32H,16-17H2,1-2H3,(H,33,35)/t21-,28+/m0/s1. The SMILES string of the molecule is CSc1ccc([C@@H]2C(C(=O)Nc3ccc(F)cc3)=C(C)NC3=C2C(=O)C[C@@H](c2ccccc2)C3)cc1.